The SMILES string of the molecule is C#CCN(CC1CC1)C(=O)c1cc([N+](=O)[O-])ccc1I. The van der Waals surface area contributed by atoms with Gasteiger partial charge in [0.05, 0.1) is 17.0 Å². The fourth-order valence-electron chi connectivity index (χ4n) is 1.90. The molecule has 5 nitrogen and oxygen atoms in total. The van der Waals surface area contributed by atoms with E-state index in [1.165, 1.54) is 12.1 Å². The Morgan fingerprint density at radius 2 is 2.25 bits per heavy atom. The summed E-state index contributed by atoms with van der Waals surface area (Å²) in [5, 5.41) is 10.8. The van der Waals surface area contributed by atoms with E-state index in [4.69, 9.17) is 6.42 Å². The van der Waals surface area contributed by atoms with Gasteiger partial charge in [0, 0.05) is 22.2 Å². The summed E-state index contributed by atoms with van der Waals surface area (Å²) >= 11 is 2.00. The fourth-order valence-corrected chi connectivity index (χ4v) is 2.47. The first-order chi connectivity index (χ1) is 9.52. The second kappa shape index (κ2) is 6.22. The lowest BCUT2D eigenvalue weighted by Crippen LogP contribution is -2.33. The Labute approximate surface area is 130 Å². The molecular weight excluding hydrogens is 371 g/mol. The fraction of sp³-hybridized carbons (Fsp3) is 0.357. The van der Waals surface area contributed by atoms with Crippen LogP contribution in [0.15, 0.2) is 18.2 Å². The minimum Gasteiger partial charge on any atom is -0.327 e. The van der Waals surface area contributed by atoms with Gasteiger partial charge in [-0.3, -0.25) is 14.9 Å². The second-order valence-electron chi connectivity index (χ2n) is 4.75. The van der Waals surface area contributed by atoms with Gasteiger partial charge in [-0.1, -0.05) is 5.92 Å². The van der Waals surface area contributed by atoms with Crippen LogP contribution >= 0.6 is 22.6 Å². The van der Waals surface area contributed by atoms with E-state index in [2.05, 4.69) is 5.92 Å². The number of nitrogens with zero attached hydrogens (tertiary/aromatic N) is 2. The van der Waals surface area contributed by atoms with E-state index in [1.54, 1.807) is 11.0 Å². The smallest absolute Gasteiger partial charge is 0.270 e. The molecule has 0 atom stereocenters. The van der Waals surface area contributed by atoms with Crippen LogP contribution in [0.25, 0.3) is 0 Å². The molecule has 0 spiro atoms. The van der Waals surface area contributed by atoms with Crippen LogP contribution in [0.4, 0.5) is 5.69 Å². The number of terminal acetylenes is 1. The van der Waals surface area contributed by atoms with E-state index in [0.29, 0.717) is 21.6 Å². The van der Waals surface area contributed by atoms with Gasteiger partial charge >= 0.3 is 0 Å². The minimum atomic E-state index is -0.501. The van der Waals surface area contributed by atoms with Gasteiger partial charge in [-0.25, -0.2) is 0 Å². The van der Waals surface area contributed by atoms with Gasteiger partial charge in [-0.15, -0.1) is 6.42 Å². The summed E-state index contributed by atoms with van der Waals surface area (Å²) in [7, 11) is 0. The topological polar surface area (TPSA) is 63.5 Å². The first-order valence-electron chi connectivity index (χ1n) is 6.19. The van der Waals surface area contributed by atoms with Crippen molar-refractivity contribution in [3.05, 3.63) is 37.4 Å². The predicted octanol–water partition coefficient (Wildman–Crippen LogP) is 2.68. The molecule has 1 saturated carbocycles. The highest BCUT2D eigenvalue weighted by molar-refractivity contribution is 14.1. The zero-order chi connectivity index (χ0) is 14.7. The molecule has 0 bridgehead atoms. The van der Waals surface area contributed by atoms with Crippen molar-refractivity contribution in [3.8, 4) is 12.3 Å². The highest BCUT2D eigenvalue weighted by Gasteiger charge is 2.28. The molecule has 2 rings (SSSR count). The van der Waals surface area contributed by atoms with Crippen molar-refractivity contribution in [1.29, 1.82) is 0 Å². The summed E-state index contributed by atoms with van der Waals surface area (Å²) in [5.41, 5.74) is 0.261. The molecule has 1 amide bonds. The number of carbonyl (C=O) groups excluding carboxylic acids is 1. The number of carbonyl (C=O) groups is 1. The zero-order valence-corrected chi connectivity index (χ0v) is 12.9. The van der Waals surface area contributed by atoms with Crippen LogP contribution in [0.3, 0.4) is 0 Å². The summed E-state index contributed by atoms with van der Waals surface area (Å²) in [5.74, 6) is 2.76. The number of non-ortho nitro benzene ring substituents is 1. The maximum absolute atomic E-state index is 12.5. The van der Waals surface area contributed by atoms with Gasteiger partial charge in [0.2, 0.25) is 0 Å². The number of benzene rings is 1. The number of nitro benzene ring substituents is 1. The number of halogens is 1. The van der Waals surface area contributed by atoms with Gasteiger partial charge in [-0.2, -0.15) is 0 Å². The Morgan fingerprint density at radius 1 is 1.55 bits per heavy atom. The Morgan fingerprint density at radius 3 is 2.80 bits per heavy atom. The monoisotopic (exact) mass is 384 g/mol. The molecule has 0 aliphatic heterocycles. The van der Waals surface area contributed by atoms with E-state index in [9.17, 15) is 14.9 Å². The van der Waals surface area contributed by atoms with Crippen LogP contribution in [0.5, 0.6) is 0 Å². The summed E-state index contributed by atoms with van der Waals surface area (Å²) in [6.07, 6.45) is 7.53. The number of amides is 1. The normalized spacial score (nSPS) is 13.6. The molecule has 104 valence electrons. The van der Waals surface area contributed by atoms with Gasteiger partial charge in [0.1, 0.15) is 0 Å². The van der Waals surface area contributed by atoms with Crippen molar-refractivity contribution in [1.82, 2.24) is 4.90 Å². The lowest BCUT2D eigenvalue weighted by molar-refractivity contribution is -0.384. The van der Waals surface area contributed by atoms with Crippen LogP contribution in [-0.2, 0) is 0 Å². The summed E-state index contributed by atoms with van der Waals surface area (Å²) in [6, 6.07) is 4.29. The van der Waals surface area contributed by atoms with Crippen molar-refractivity contribution < 1.29 is 9.72 Å². The molecule has 1 fully saturated rings. The minimum absolute atomic E-state index is 0.0826. The van der Waals surface area contributed by atoms with Gasteiger partial charge in [0.15, 0.2) is 0 Å². The van der Waals surface area contributed by atoms with E-state index in [1.807, 2.05) is 22.6 Å². The molecule has 0 saturated heterocycles. The van der Waals surface area contributed by atoms with Crippen LogP contribution in [0.2, 0.25) is 0 Å². The Balaban J connectivity index is 2.27. The molecule has 20 heavy (non-hydrogen) atoms. The highest BCUT2D eigenvalue weighted by Crippen LogP contribution is 2.30. The molecule has 1 aromatic rings. The second-order valence-corrected chi connectivity index (χ2v) is 5.92. The van der Waals surface area contributed by atoms with Crippen LogP contribution in [0.1, 0.15) is 23.2 Å². The molecule has 0 unspecified atom stereocenters. The van der Waals surface area contributed by atoms with Crippen molar-refractivity contribution in [3.63, 3.8) is 0 Å². The first kappa shape index (κ1) is 14.8. The number of nitro groups is 1. The third kappa shape index (κ3) is 3.48. The largest absolute Gasteiger partial charge is 0.327 e. The molecule has 1 aliphatic rings. The summed E-state index contributed by atoms with van der Waals surface area (Å²) in [6.45, 7) is 0.857. The Hall–Kier alpha value is -1.62. The third-order valence-corrected chi connectivity index (χ3v) is 4.08. The number of rotatable bonds is 5. The molecule has 1 aliphatic carbocycles. The molecule has 0 aromatic heterocycles. The van der Waals surface area contributed by atoms with E-state index < -0.39 is 4.92 Å². The average molecular weight is 384 g/mol. The molecule has 0 radical (unpaired) electrons. The molecule has 0 heterocycles. The highest BCUT2D eigenvalue weighted by atomic mass is 127. The quantitative estimate of drug-likeness (QED) is 0.340. The van der Waals surface area contributed by atoms with Crippen LogP contribution in [-0.4, -0.2) is 28.8 Å². The average Bonchev–Trinajstić information content (AvgIpc) is 3.21. The lowest BCUT2D eigenvalue weighted by Gasteiger charge is -2.20. The van der Waals surface area contributed by atoms with Gasteiger partial charge in [-0.05, 0) is 47.4 Å². The van der Waals surface area contributed by atoms with Crippen molar-refractivity contribution in [2.75, 3.05) is 13.1 Å². The summed E-state index contributed by atoms with van der Waals surface area (Å²) < 4.78 is 0.691. The van der Waals surface area contributed by atoms with E-state index >= 15 is 0 Å². The predicted molar refractivity (Wildman–Crippen MR) is 83.3 cm³/mol. The molecule has 6 heteroatoms. The number of hydrogen-bond acceptors (Lipinski definition) is 3. The maximum atomic E-state index is 12.5. The Bertz CT molecular complexity index is 591. The molecule has 0 N–H and O–H groups in total. The van der Waals surface area contributed by atoms with Crippen LogP contribution in [0, 0.1) is 31.9 Å². The van der Waals surface area contributed by atoms with Crippen molar-refractivity contribution in [2.45, 2.75) is 12.8 Å². The molecular formula is C14H13IN2O3. The first-order valence-corrected chi connectivity index (χ1v) is 7.27. The lowest BCUT2D eigenvalue weighted by atomic mass is 10.1. The van der Waals surface area contributed by atoms with Crippen molar-refractivity contribution >= 4 is 34.2 Å². The van der Waals surface area contributed by atoms with Crippen molar-refractivity contribution in [2.24, 2.45) is 5.92 Å². The Kier molecular flexibility index (Phi) is 4.60. The van der Waals surface area contributed by atoms with E-state index in [-0.39, 0.29) is 18.1 Å². The molecule has 1 aromatic carbocycles. The summed E-state index contributed by atoms with van der Waals surface area (Å²) in [4.78, 5) is 24.4. The van der Waals surface area contributed by atoms with Gasteiger partial charge in [0.25, 0.3) is 11.6 Å². The van der Waals surface area contributed by atoms with Gasteiger partial charge < -0.3 is 4.90 Å². The number of hydrogen-bond donors (Lipinski definition) is 0. The third-order valence-electron chi connectivity index (χ3n) is 3.14. The standard InChI is InChI=1S/C14H13IN2O3/c1-2-7-16(9-10-3-4-10)14(18)12-8-11(17(19)20)5-6-13(12)15/h1,5-6,8,10H,3-4,7,9H2. The van der Waals surface area contributed by atoms with Crippen LogP contribution < -0.4 is 0 Å². The zero-order valence-electron chi connectivity index (χ0n) is 10.7. The maximum Gasteiger partial charge on any atom is 0.270 e. The van der Waals surface area contributed by atoms with E-state index in [0.717, 1.165) is 12.8 Å².